The highest BCUT2D eigenvalue weighted by molar-refractivity contribution is 5.76. The van der Waals surface area contributed by atoms with Gasteiger partial charge in [-0.15, -0.1) is 0 Å². The number of carboxylic acid groups (broad SMARTS) is 1. The average Bonchev–Trinajstić information content (AvgIpc) is 2.45. The Bertz CT molecular complexity index is 450. The van der Waals surface area contributed by atoms with Crippen molar-refractivity contribution in [3.8, 4) is 0 Å². The summed E-state index contributed by atoms with van der Waals surface area (Å²) in [5.74, 6) is -0.719. The predicted octanol–water partition coefficient (Wildman–Crippen LogP) is 3.89. The van der Waals surface area contributed by atoms with Crippen molar-refractivity contribution in [3.63, 3.8) is 0 Å². The molecule has 0 aliphatic carbocycles. The molecule has 0 aromatic heterocycles. The van der Waals surface area contributed by atoms with Crippen LogP contribution in [0.4, 0.5) is 5.69 Å². The van der Waals surface area contributed by atoms with Crippen LogP contribution < -0.4 is 4.90 Å². The summed E-state index contributed by atoms with van der Waals surface area (Å²) in [5.41, 5.74) is 2.12. The lowest BCUT2D eigenvalue weighted by Gasteiger charge is -2.29. The maximum absolute atomic E-state index is 11.5. The Morgan fingerprint density at radius 1 is 1.25 bits per heavy atom. The van der Waals surface area contributed by atoms with Crippen LogP contribution in [0.3, 0.4) is 0 Å². The second-order valence-corrected chi connectivity index (χ2v) is 6.16. The molecule has 0 bridgehead atoms. The maximum Gasteiger partial charge on any atom is 0.310 e. The van der Waals surface area contributed by atoms with Crippen LogP contribution in [-0.4, -0.2) is 24.2 Å². The van der Waals surface area contributed by atoms with Gasteiger partial charge >= 0.3 is 5.97 Å². The van der Waals surface area contributed by atoms with Crippen LogP contribution in [0, 0.1) is 5.92 Å². The van der Waals surface area contributed by atoms with E-state index in [9.17, 15) is 9.90 Å². The molecule has 110 valence electrons. The highest BCUT2D eigenvalue weighted by Crippen LogP contribution is 2.28. The first-order valence-corrected chi connectivity index (χ1v) is 7.65. The Kier molecular flexibility index (Phi) is 5.05. The molecule has 1 fully saturated rings. The summed E-state index contributed by atoms with van der Waals surface area (Å²) in [6.45, 7) is 6.32. The van der Waals surface area contributed by atoms with Gasteiger partial charge in [-0.1, -0.05) is 26.0 Å². The molecule has 3 heteroatoms. The molecule has 1 aromatic carbocycles. The van der Waals surface area contributed by atoms with Gasteiger partial charge in [0.25, 0.3) is 0 Å². The molecule has 20 heavy (non-hydrogen) atoms. The van der Waals surface area contributed by atoms with E-state index in [1.54, 1.807) is 0 Å². The molecule has 1 aliphatic heterocycles. The predicted molar refractivity (Wildman–Crippen MR) is 82.3 cm³/mol. The monoisotopic (exact) mass is 275 g/mol. The molecule has 0 amide bonds. The summed E-state index contributed by atoms with van der Waals surface area (Å²) >= 11 is 0. The van der Waals surface area contributed by atoms with Crippen LogP contribution in [0.25, 0.3) is 0 Å². The van der Waals surface area contributed by atoms with Crippen LogP contribution in [-0.2, 0) is 4.79 Å². The van der Waals surface area contributed by atoms with Gasteiger partial charge in [0, 0.05) is 18.8 Å². The first-order chi connectivity index (χ1) is 9.58. The molecule has 1 N–H and O–H groups in total. The third-order valence-corrected chi connectivity index (χ3v) is 4.00. The van der Waals surface area contributed by atoms with Crippen molar-refractivity contribution >= 4 is 11.7 Å². The van der Waals surface area contributed by atoms with E-state index >= 15 is 0 Å². The van der Waals surface area contributed by atoms with Gasteiger partial charge in [-0.05, 0) is 49.3 Å². The first-order valence-electron chi connectivity index (χ1n) is 7.65. The minimum absolute atomic E-state index is 0.384. The van der Waals surface area contributed by atoms with Crippen LogP contribution >= 0.6 is 0 Å². The van der Waals surface area contributed by atoms with Crippen molar-refractivity contribution in [2.45, 2.75) is 45.4 Å². The fraction of sp³-hybridized carbons (Fsp3) is 0.588. The summed E-state index contributed by atoms with van der Waals surface area (Å²) in [5, 5.41) is 9.46. The molecule has 0 spiro atoms. The number of anilines is 1. The summed E-state index contributed by atoms with van der Waals surface area (Å²) in [6.07, 6.45) is 4.47. The lowest BCUT2D eigenvalue weighted by Crippen LogP contribution is -2.29. The molecule has 1 aromatic rings. The van der Waals surface area contributed by atoms with Gasteiger partial charge in [-0.25, -0.2) is 0 Å². The number of nitrogens with zero attached hydrogens (tertiary/aromatic N) is 1. The van der Waals surface area contributed by atoms with Crippen LogP contribution in [0.5, 0.6) is 0 Å². The van der Waals surface area contributed by atoms with Gasteiger partial charge < -0.3 is 10.0 Å². The second kappa shape index (κ2) is 6.78. The maximum atomic E-state index is 11.5. The average molecular weight is 275 g/mol. The minimum Gasteiger partial charge on any atom is -0.481 e. The summed E-state index contributed by atoms with van der Waals surface area (Å²) in [7, 11) is 0. The molecule has 3 nitrogen and oxygen atoms in total. The van der Waals surface area contributed by atoms with Gasteiger partial charge in [0.2, 0.25) is 0 Å². The SMILES string of the molecule is CC(C)CC(C(=O)O)c1cccc(N2CCCCC2)c1. The van der Waals surface area contributed by atoms with E-state index < -0.39 is 5.97 Å². The van der Waals surface area contributed by atoms with E-state index in [1.165, 1.54) is 24.9 Å². The molecule has 2 rings (SSSR count). The highest BCUT2D eigenvalue weighted by Gasteiger charge is 2.22. The molecule has 1 aliphatic rings. The Morgan fingerprint density at radius 2 is 1.95 bits per heavy atom. The van der Waals surface area contributed by atoms with Crippen LogP contribution in [0.15, 0.2) is 24.3 Å². The Balaban J connectivity index is 2.20. The zero-order valence-corrected chi connectivity index (χ0v) is 12.5. The number of benzene rings is 1. The van der Waals surface area contributed by atoms with Crippen molar-refractivity contribution in [1.82, 2.24) is 0 Å². The standard InChI is InChI=1S/C17H25NO2/c1-13(2)11-16(17(19)20)14-7-6-8-15(12-14)18-9-4-3-5-10-18/h6-8,12-13,16H,3-5,9-11H2,1-2H3,(H,19,20). The molecule has 1 unspecified atom stereocenters. The van der Waals surface area contributed by atoms with Gasteiger partial charge in [0.1, 0.15) is 0 Å². The normalized spacial score (nSPS) is 17.2. The summed E-state index contributed by atoms with van der Waals surface area (Å²) < 4.78 is 0. The zero-order chi connectivity index (χ0) is 14.5. The minimum atomic E-state index is -0.713. The fourth-order valence-electron chi connectivity index (χ4n) is 2.94. The Hall–Kier alpha value is -1.51. The zero-order valence-electron chi connectivity index (χ0n) is 12.5. The number of hydrogen-bond acceptors (Lipinski definition) is 2. The number of carbonyl (C=O) groups is 1. The third kappa shape index (κ3) is 3.75. The van der Waals surface area contributed by atoms with Gasteiger partial charge in [0.05, 0.1) is 5.92 Å². The Labute approximate surface area is 121 Å². The molecular formula is C17H25NO2. The van der Waals surface area contributed by atoms with Crippen LogP contribution in [0.2, 0.25) is 0 Å². The molecule has 1 heterocycles. The van der Waals surface area contributed by atoms with Crippen molar-refractivity contribution in [1.29, 1.82) is 0 Å². The number of hydrogen-bond donors (Lipinski definition) is 1. The number of carboxylic acids is 1. The topological polar surface area (TPSA) is 40.5 Å². The molecular weight excluding hydrogens is 250 g/mol. The van der Waals surface area contributed by atoms with Gasteiger partial charge in [-0.2, -0.15) is 0 Å². The van der Waals surface area contributed by atoms with Gasteiger partial charge in [-0.3, -0.25) is 4.79 Å². The van der Waals surface area contributed by atoms with Crippen LogP contribution in [0.1, 0.15) is 51.0 Å². The van der Waals surface area contributed by atoms with E-state index in [-0.39, 0.29) is 5.92 Å². The lowest BCUT2D eigenvalue weighted by atomic mass is 9.90. The number of rotatable bonds is 5. The first kappa shape index (κ1) is 14.9. The van der Waals surface area contributed by atoms with E-state index in [0.29, 0.717) is 12.3 Å². The largest absolute Gasteiger partial charge is 0.481 e. The van der Waals surface area contributed by atoms with Gasteiger partial charge in [0.15, 0.2) is 0 Å². The van der Waals surface area contributed by atoms with E-state index in [1.807, 2.05) is 12.1 Å². The number of piperidine rings is 1. The Morgan fingerprint density at radius 3 is 2.55 bits per heavy atom. The van der Waals surface area contributed by atoms with E-state index in [4.69, 9.17) is 0 Å². The molecule has 0 radical (unpaired) electrons. The fourth-order valence-corrected chi connectivity index (χ4v) is 2.94. The third-order valence-electron chi connectivity index (χ3n) is 4.00. The van der Waals surface area contributed by atoms with Crippen molar-refractivity contribution in [2.75, 3.05) is 18.0 Å². The van der Waals surface area contributed by atoms with Crippen molar-refractivity contribution in [2.24, 2.45) is 5.92 Å². The number of aliphatic carboxylic acids is 1. The molecule has 0 saturated carbocycles. The van der Waals surface area contributed by atoms with Crippen molar-refractivity contribution in [3.05, 3.63) is 29.8 Å². The highest BCUT2D eigenvalue weighted by atomic mass is 16.4. The molecule has 1 saturated heterocycles. The second-order valence-electron chi connectivity index (χ2n) is 6.16. The molecule has 1 atom stereocenters. The van der Waals surface area contributed by atoms with E-state index in [0.717, 1.165) is 18.7 Å². The van der Waals surface area contributed by atoms with E-state index in [2.05, 4.69) is 30.9 Å². The quantitative estimate of drug-likeness (QED) is 0.886. The summed E-state index contributed by atoms with van der Waals surface area (Å²) in [4.78, 5) is 13.9. The smallest absolute Gasteiger partial charge is 0.310 e. The summed E-state index contributed by atoms with van der Waals surface area (Å²) in [6, 6.07) is 8.12. The van der Waals surface area contributed by atoms with Crippen molar-refractivity contribution < 1.29 is 9.90 Å². The lowest BCUT2D eigenvalue weighted by molar-refractivity contribution is -0.139.